The second-order valence-corrected chi connectivity index (χ2v) is 3.70. The molecule has 1 N–H and O–H groups in total. The van der Waals surface area contributed by atoms with Crippen LogP contribution in [0.2, 0.25) is 0 Å². The maximum Gasteiger partial charge on any atom is 0.165 e. The van der Waals surface area contributed by atoms with Gasteiger partial charge in [0.2, 0.25) is 0 Å². The van der Waals surface area contributed by atoms with Gasteiger partial charge in [-0.2, -0.15) is 0 Å². The fraction of sp³-hybridized carbons (Fsp3) is 0.143. The van der Waals surface area contributed by atoms with E-state index in [1.54, 1.807) is 0 Å². The average Bonchev–Trinajstić information content (AvgIpc) is 2.39. The Morgan fingerprint density at radius 2 is 1.76 bits per heavy atom. The minimum absolute atomic E-state index is 0.123. The summed E-state index contributed by atoms with van der Waals surface area (Å²) >= 11 is 0. The van der Waals surface area contributed by atoms with Crippen LogP contribution in [-0.2, 0) is 13.2 Å². The van der Waals surface area contributed by atoms with Gasteiger partial charge in [-0.3, -0.25) is 0 Å². The zero-order valence-corrected chi connectivity index (χ0v) is 9.27. The molecule has 0 saturated carbocycles. The van der Waals surface area contributed by atoms with E-state index in [4.69, 9.17) is 9.84 Å². The van der Waals surface area contributed by atoms with Crippen LogP contribution in [0.25, 0.3) is 0 Å². The third-order valence-electron chi connectivity index (χ3n) is 2.42. The van der Waals surface area contributed by atoms with Crippen molar-refractivity contribution in [2.75, 3.05) is 0 Å². The van der Waals surface area contributed by atoms with Crippen LogP contribution in [0.3, 0.4) is 0 Å². The van der Waals surface area contributed by atoms with Gasteiger partial charge in [-0.25, -0.2) is 4.39 Å². The van der Waals surface area contributed by atoms with Crippen molar-refractivity contribution in [3.05, 3.63) is 65.5 Å². The van der Waals surface area contributed by atoms with Crippen LogP contribution in [0.15, 0.2) is 48.5 Å². The molecule has 2 rings (SSSR count). The lowest BCUT2D eigenvalue weighted by atomic mass is 10.2. The van der Waals surface area contributed by atoms with Crippen molar-refractivity contribution in [1.29, 1.82) is 0 Å². The molecule has 2 aromatic rings. The summed E-state index contributed by atoms with van der Waals surface area (Å²) in [4.78, 5) is 0. The minimum Gasteiger partial charge on any atom is -0.486 e. The molecule has 0 saturated heterocycles. The zero-order valence-electron chi connectivity index (χ0n) is 9.27. The minimum atomic E-state index is -0.418. The summed E-state index contributed by atoms with van der Waals surface area (Å²) in [5.74, 6) is -0.251. The zero-order chi connectivity index (χ0) is 12.1. The second kappa shape index (κ2) is 5.46. The predicted octanol–water partition coefficient (Wildman–Crippen LogP) is 2.90. The highest BCUT2D eigenvalue weighted by Gasteiger charge is 2.04. The fourth-order valence-electron chi connectivity index (χ4n) is 1.49. The molecule has 0 radical (unpaired) electrons. The molecule has 2 aromatic carbocycles. The van der Waals surface area contributed by atoms with Crippen molar-refractivity contribution in [3.63, 3.8) is 0 Å². The van der Waals surface area contributed by atoms with Gasteiger partial charge in [0, 0.05) is 0 Å². The first-order valence-corrected chi connectivity index (χ1v) is 5.35. The maximum absolute atomic E-state index is 13.4. The lowest BCUT2D eigenvalue weighted by molar-refractivity contribution is 0.273. The molecule has 0 aliphatic carbocycles. The van der Waals surface area contributed by atoms with Gasteiger partial charge in [0.05, 0.1) is 6.61 Å². The predicted molar refractivity (Wildman–Crippen MR) is 63.1 cm³/mol. The van der Waals surface area contributed by atoms with Crippen molar-refractivity contribution in [3.8, 4) is 5.75 Å². The number of rotatable bonds is 4. The lowest BCUT2D eigenvalue weighted by Gasteiger charge is -2.08. The van der Waals surface area contributed by atoms with E-state index in [-0.39, 0.29) is 12.4 Å². The van der Waals surface area contributed by atoms with Gasteiger partial charge in [-0.15, -0.1) is 0 Å². The highest BCUT2D eigenvalue weighted by Crippen LogP contribution is 2.20. The molecule has 17 heavy (non-hydrogen) atoms. The maximum atomic E-state index is 13.4. The van der Waals surface area contributed by atoms with Gasteiger partial charge in [0.15, 0.2) is 11.6 Å². The summed E-state index contributed by atoms with van der Waals surface area (Å²) in [6.45, 7) is 0.189. The number of benzene rings is 2. The van der Waals surface area contributed by atoms with E-state index in [1.807, 2.05) is 30.3 Å². The number of halogens is 1. The standard InChI is InChI=1S/C14H13FO2/c15-13-7-6-12(9-16)8-14(13)17-10-11-4-2-1-3-5-11/h1-8,16H,9-10H2. The summed E-state index contributed by atoms with van der Waals surface area (Å²) in [7, 11) is 0. The Bertz CT molecular complexity index is 483. The normalized spacial score (nSPS) is 10.2. The molecule has 0 aromatic heterocycles. The van der Waals surface area contributed by atoms with E-state index in [2.05, 4.69) is 0 Å². The number of aliphatic hydroxyl groups excluding tert-OH is 1. The quantitative estimate of drug-likeness (QED) is 0.878. The number of hydrogen-bond acceptors (Lipinski definition) is 2. The Kier molecular flexibility index (Phi) is 3.73. The van der Waals surface area contributed by atoms with E-state index >= 15 is 0 Å². The smallest absolute Gasteiger partial charge is 0.165 e. The third-order valence-corrected chi connectivity index (χ3v) is 2.42. The first kappa shape index (κ1) is 11.6. The van der Waals surface area contributed by atoms with Gasteiger partial charge in [-0.05, 0) is 23.3 Å². The molecule has 0 amide bonds. The van der Waals surface area contributed by atoms with E-state index < -0.39 is 5.82 Å². The summed E-state index contributed by atoms with van der Waals surface area (Å²) in [5.41, 5.74) is 1.61. The second-order valence-electron chi connectivity index (χ2n) is 3.70. The third kappa shape index (κ3) is 3.04. The summed E-state index contributed by atoms with van der Waals surface area (Å²) in [6.07, 6.45) is 0. The van der Waals surface area contributed by atoms with Gasteiger partial charge in [0.25, 0.3) is 0 Å². The van der Waals surface area contributed by atoms with E-state index in [0.717, 1.165) is 5.56 Å². The molecule has 88 valence electrons. The van der Waals surface area contributed by atoms with Crippen LogP contribution < -0.4 is 4.74 Å². The summed E-state index contributed by atoms with van der Waals surface area (Å²) in [5, 5.41) is 8.96. The fourth-order valence-corrected chi connectivity index (χ4v) is 1.49. The largest absolute Gasteiger partial charge is 0.486 e. The molecule has 0 unspecified atom stereocenters. The Morgan fingerprint density at radius 1 is 1.00 bits per heavy atom. The van der Waals surface area contributed by atoms with Crippen LogP contribution in [0, 0.1) is 5.82 Å². The number of ether oxygens (including phenoxy) is 1. The first-order valence-electron chi connectivity index (χ1n) is 5.35. The number of aliphatic hydroxyl groups is 1. The average molecular weight is 232 g/mol. The molecule has 0 spiro atoms. The van der Waals surface area contributed by atoms with Crippen molar-refractivity contribution in [2.45, 2.75) is 13.2 Å². The molecule has 0 fully saturated rings. The van der Waals surface area contributed by atoms with Crippen molar-refractivity contribution < 1.29 is 14.2 Å². The molecule has 2 nitrogen and oxygen atoms in total. The Hall–Kier alpha value is -1.87. The monoisotopic (exact) mass is 232 g/mol. The number of hydrogen-bond donors (Lipinski definition) is 1. The van der Waals surface area contributed by atoms with Gasteiger partial charge >= 0.3 is 0 Å². The van der Waals surface area contributed by atoms with Gasteiger partial charge in [0.1, 0.15) is 6.61 Å². The van der Waals surface area contributed by atoms with Crippen LogP contribution >= 0.6 is 0 Å². The van der Waals surface area contributed by atoms with Crippen molar-refractivity contribution in [1.82, 2.24) is 0 Å². The van der Waals surface area contributed by atoms with Crippen LogP contribution in [0.5, 0.6) is 5.75 Å². The molecule has 0 heterocycles. The first-order chi connectivity index (χ1) is 8.29. The highest BCUT2D eigenvalue weighted by molar-refractivity contribution is 5.30. The van der Waals surface area contributed by atoms with Crippen LogP contribution in [0.4, 0.5) is 4.39 Å². The van der Waals surface area contributed by atoms with Crippen molar-refractivity contribution in [2.24, 2.45) is 0 Å². The Balaban J connectivity index is 2.08. The van der Waals surface area contributed by atoms with E-state index in [0.29, 0.717) is 12.2 Å². The molecular formula is C14H13FO2. The van der Waals surface area contributed by atoms with Gasteiger partial charge in [-0.1, -0.05) is 36.4 Å². The van der Waals surface area contributed by atoms with Crippen molar-refractivity contribution >= 4 is 0 Å². The summed E-state index contributed by atoms with van der Waals surface area (Å²) < 4.78 is 18.8. The lowest BCUT2D eigenvalue weighted by Crippen LogP contribution is -1.98. The molecule has 0 aliphatic rings. The molecule has 0 aliphatic heterocycles. The van der Waals surface area contributed by atoms with Gasteiger partial charge < -0.3 is 9.84 Å². The van der Waals surface area contributed by atoms with Crippen LogP contribution in [0.1, 0.15) is 11.1 Å². The highest BCUT2D eigenvalue weighted by atomic mass is 19.1. The van der Waals surface area contributed by atoms with E-state index in [9.17, 15) is 4.39 Å². The topological polar surface area (TPSA) is 29.5 Å². The molecule has 0 bridgehead atoms. The Labute approximate surface area is 99.3 Å². The van der Waals surface area contributed by atoms with E-state index in [1.165, 1.54) is 18.2 Å². The SMILES string of the molecule is OCc1ccc(F)c(OCc2ccccc2)c1. The molecule has 3 heteroatoms. The molecule has 0 atom stereocenters. The summed E-state index contributed by atoms with van der Waals surface area (Å²) in [6, 6.07) is 13.9. The molecular weight excluding hydrogens is 219 g/mol. The Morgan fingerprint density at radius 3 is 2.47 bits per heavy atom. The van der Waals surface area contributed by atoms with Crippen LogP contribution in [-0.4, -0.2) is 5.11 Å².